The number of hydrogen-bond acceptors (Lipinski definition) is 2. The molecular weight excluding hydrogens is 275 g/mol. The van der Waals surface area contributed by atoms with Gasteiger partial charge in [0.2, 0.25) is 0 Å². The highest BCUT2D eigenvalue weighted by Gasteiger charge is 2.34. The van der Waals surface area contributed by atoms with Crippen molar-refractivity contribution in [2.75, 3.05) is 13.1 Å². The van der Waals surface area contributed by atoms with Gasteiger partial charge in [-0.3, -0.25) is 4.90 Å². The van der Waals surface area contributed by atoms with Gasteiger partial charge >= 0.3 is 0 Å². The van der Waals surface area contributed by atoms with E-state index in [9.17, 15) is 4.39 Å². The molecule has 1 saturated heterocycles. The van der Waals surface area contributed by atoms with Gasteiger partial charge < -0.3 is 5.32 Å². The zero-order valence-electron chi connectivity index (χ0n) is 12.5. The number of hydrogen-bond donors (Lipinski definition) is 1. The van der Waals surface area contributed by atoms with E-state index in [1.165, 1.54) is 0 Å². The Morgan fingerprint density at radius 1 is 1.40 bits per heavy atom. The van der Waals surface area contributed by atoms with Crippen molar-refractivity contribution in [1.82, 2.24) is 10.2 Å². The maximum absolute atomic E-state index is 13.6. The first-order valence-electron chi connectivity index (χ1n) is 7.42. The van der Waals surface area contributed by atoms with Gasteiger partial charge in [0.05, 0.1) is 5.02 Å². The summed E-state index contributed by atoms with van der Waals surface area (Å²) in [5, 5.41) is 3.87. The van der Waals surface area contributed by atoms with Crippen LogP contribution in [0.15, 0.2) is 18.2 Å². The highest BCUT2D eigenvalue weighted by Crippen LogP contribution is 2.25. The van der Waals surface area contributed by atoms with E-state index >= 15 is 0 Å². The van der Waals surface area contributed by atoms with E-state index in [0.29, 0.717) is 6.04 Å². The zero-order valence-corrected chi connectivity index (χ0v) is 13.3. The van der Waals surface area contributed by atoms with E-state index < -0.39 is 0 Å². The van der Waals surface area contributed by atoms with Gasteiger partial charge in [0.1, 0.15) is 5.82 Å². The van der Waals surface area contributed by atoms with Gasteiger partial charge in [-0.15, -0.1) is 0 Å². The Kier molecular flexibility index (Phi) is 5.05. The smallest absolute Gasteiger partial charge is 0.142 e. The minimum atomic E-state index is -0.329. The zero-order chi connectivity index (χ0) is 14.8. The molecule has 1 aromatic carbocycles. The standard InChI is InChI=1S/C16H24ClFN2/c1-4-16(5-2)11-20(12(3)9-19-16)10-13-6-7-14(17)15(18)8-13/h6-8,12,19H,4-5,9-11H2,1-3H3. The number of piperazine rings is 1. The van der Waals surface area contributed by atoms with Crippen molar-refractivity contribution >= 4 is 11.6 Å². The first-order valence-corrected chi connectivity index (χ1v) is 7.80. The molecule has 0 aromatic heterocycles. The summed E-state index contributed by atoms with van der Waals surface area (Å²) < 4.78 is 13.6. The average Bonchev–Trinajstić information content (AvgIpc) is 2.46. The molecule has 0 spiro atoms. The molecule has 0 saturated carbocycles. The molecule has 4 heteroatoms. The molecule has 20 heavy (non-hydrogen) atoms. The second-order valence-corrected chi connectivity index (χ2v) is 6.28. The summed E-state index contributed by atoms with van der Waals surface area (Å²) in [4.78, 5) is 2.44. The van der Waals surface area contributed by atoms with Crippen LogP contribution in [-0.4, -0.2) is 29.6 Å². The second kappa shape index (κ2) is 6.42. The summed E-state index contributed by atoms with van der Waals surface area (Å²) in [6, 6.07) is 5.57. The fraction of sp³-hybridized carbons (Fsp3) is 0.625. The monoisotopic (exact) mass is 298 g/mol. The topological polar surface area (TPSA) is 15.3 Å². The second-order valence-electron chi connectivity index (χ2n) is 5.87. The number of benzene rings is 1. The lowest BCUT2D eigenvalue weighted by molar-refractivity contribution is 0.0745. The molecule has 1 N–H and O–H groups in total. The Balaban J connectivity index is 2.11. The van der Waals surface area contributed by atoms with Crippen LogP contribution in [0.4, 0.5) is 4.39 Å². The van der Waals surface area contributed by atoms with Gasteiger partial charge in [-0.2, -0.15) is 0 Å². The Bertz CT molecular complexity index is 460. The summed E-state index contributed by atoms with van der Waals surface area (Å²) in [5.41, 5.74) is 1.18. The van der Waals surface area contributed by atoms with Crippen LogP contribution < -0.4 is 5.32 Å². The van der Waals surface area contributed by atoms with Gasteiger partial charge in [-0.05, 0) is 37.5 Å². The van der Waals surface area contributed by atoms with Crippen LogP contribution in [0, 0.1) is 5.82 Å². The summed E-state index contributed by atoms with van der Waals surface area (Å²) in [6.45, 7) is 9.44. The highest BCUT2D eigenvalue weighted by molar-refractivity contribution is 6.30. The van der Waals surface area contributed by atoms with E-state index in [1.807, 2.05) is 6.07 Å². The van der Waals surface area contributed by atoms with Crippen molar-refractivity contribution in [3.8, 4) is 0 Å². The summed E-state index contributed by atoms with van der Waals surface area (Å²) in [5.74, 6) is -0.329. The molecule has 112 valence electrons. The van der Waals surface area contributed by atoms with E-state index in [-0.39, 0.29) is 16.4 Å². The van der Waals surface area contributed by atoms with Crippen molar-refractivity contribution in [3.63, 3.8) is 0 Å². The van der Waals surface area contributed by atoms with Crippen LogP contribution >= 0.6 is 11.6 Å². The van der Waals surface area contributed by atoms with Crippen molar-refractivity contribution in [3.05, 3.63) is 34.6 Å². The van der Waals surface area contributed by atoms with E-state index in [2.05, 4.69) is 31.0 Å². The SMILES string of the molecule is CCC1(CC)CN(Cc2ccc(Cl)c(F)c2)C(C)CN1. The van der Waals surface area contributed by atoms with Gasteiger partial charge in [0.25, 0.3) is 0 Å². The normalized spacial score (nSPS) is 22.9. The Hall–Kier alpha value is -0.640. The van der Waals surface area contributed by atoms with Crippen LogP contribution in [0.5, 0.6) is 0 Å². The van der Waals surface area contributed by atoms with Crippen molar-refractivity contribution in [1.29, 1.82) is 0 Å². The molecule has 0 bridgehead atoms. The van der Waals surface area contributed by atoms with Crippen LogP contribution in [0.2, 0.25) is 5.02 Å². The van der Waals surface area contributed by atoms with Crippen molar-refractivity contribution < 1.29 is 4.39 Å². The minimum absolute atomic E-state index is 0.192. The number of nitrogens with zero attached hydrogens (tertiary/aromatic N) is 1. The Morgan fingerprint density at radius 2 is 2.10 bits per heavy atom. The molecule has 0 amide bonds. The largest absolute Gasteiger partial charge is 0.308 e. The molecule has 1 aromatic rings. The van der Waals surface area contributed by atoms with Gasteiger partial charge in [0, 0.05) is 31.2 Å². The molecule has 1 aliphatic heterocycles. The van der Waals surface area contributed by atoms with Gasteiger partial charge in [0.15, 0.2) is 0 Å². The Morgan fingerprint density at radius 3 is 2.70 bits per heavy atom. The molecular formula is C16H24ClFN2. The maximum atomic E-state index is 13.6. The third-order valence-corrected chi connectivity index (χ3v) is 4.93. The molecule has 1 atom stereocenters. The quantitative estimate of drug-likeness (QED) is 0.909. The van der Waals surface area contributed by atoms with Crippen LogP contribution in [-0.2, 0) is 6.54 Å². The highest BCUT2D eigenvalue weighted by atomic mass is 35.5. The maximum Gasteiger partial charge on any atom is 0.142 e. The van der Waals surface area contributed by atoms with Gasteiger partial charge in [-0.25, -0.2) is 4.39 Å². The summed E-state index contributed by atoms with van der Waals surface area (Å²) >= 11 is 5.74. The van der Waals surface area contributed by atoms with Crippen LogP contribution in [0.3, 0.4) is 0 Å². The van der Waals surface area contributed by atoms with Crippen molar-refractivity contribution in [2.45, 2.75) is 51.7 Å². The number of rotatable bonds is 4. The predicted octanol–water partition coefficient (Wildman–Crippen LogP) is 3.83. The first kappa shape index (κ1) is 15.7. The van der Waals surface area contributed by atoms with Crippen molar-refractivity contribution in [2.24, 2.45) is 0 Å². The van der Waals surface area contributed by atoms with E-state index in [1.54, 1.807) is 12.1 Å². The molecule has 1 fully saturated rings. The lowest BCUT2D eigenvalue weighted by atomic mass is 9.88. The number of nitrogens with one attached hydrogen (secondary N) is 1. The molecule has 0 aliphatic carbocycles. The molecule has 1 aliphatic rings. The third-order valence-electron chi connectivity index (χ3n) is 4.62. The number of halogens is 2. The lowest BCUT2D eigenvalue weighted by Gasteiger charge is -2.46. The predicted molar refractivity (Wildman–Crippen MR) is 82.6 cm³/mol. The molecule has 2 rings (SSSR count). The van der Waals surface area contributed by atoms with Gasteiger partial charge in [-0.1, -0.05) is 31.5 Å². The third kappa shape index (κ3) is 3.33. The molecule has 0 radical (unpaired) electrons. The lowest BCUT2D eigenvalue weighted by Crippen LogP contribution is -2.62. The van der Waals surface area contributed by atoms with Crippen LogP contribution in [0.25, 0.3) is 0 Å². The van der Waals surface area contributed by atoms with Crippen LogP contribution in [0.1, 0.15) is 39.2 Å². The van der Waals surface area contributed by atoms with E-state index in [4.69, 9.17) is 11.6 Å². The molecule has 1 heterocycles. The molecule has 1 unspecified atom stereocenters. The first-order chi connectivity index (χ1) is 9.49. The minimum Gasteiger partial charge on any atom is -0.308 e. The summed E-state index contributed by atoms with van der Waals surface area (Å²) in [6.07, 6.45) is 2.23. The Labute approximate surface area is 126 Å². The summed E-state index contributed by atoms with van der Waals surface area (Å²) in [7, 11) is 0. The average molecular weight is 299 g/mol. The fourth-order valence-electron chi connectivity index (χ4n) is 2.90. The molecule has 2 nitrogen and oxygen atoms in total. The van der Waals surface area contributed by atoms with E-state index in [0.717, 1.165) is 38.0 Å². The fourth-order valence-corrected chi connectivity index (χ4v) is 3.02.